The Labute approximate surface area is 100 Å². The van der Waals surface area contributed by atoms with Crippen LogP contribution in [0.15, 0.2) is 29.8 Å². The first kappa shape index (κ1) is 13.5. The molecule has 0 aliphatic heterocycles. The molecule has 0 fully saturated rings. The zero-order chi connectivity index (χ0) is 13.1. The van der Waals surface area contributed by atoms with E-state index in [0.717, 1.165) is 0 Å². The lowest BCUT2D eigenvalue weighted by Gasteiger charge is -2.02. The average molecular weight is 257 g/mol. The highest BCUT2D eigenvalue weighted by Crippen LogP contribution is 2.12. The van der Waals surface area contributed by atoms with Crippen molar-refractivity contribution < 1.29 is 13.2 Å². The van der Waals surface area contributed by atoms with Gasteiger partial charge in [-0.15, -0.1) is 6.58 Å². The van der Waals surface area contributed by atoms with E-state index in [0.29, 0.717) is 6.42 Å². The summed E-state index contributed by atoms with van der Waals surface area (Å²) in [5.41, 5.74) is 5.25. The molecule has 0 aromatic carbocycles. The normalized spacial score (nSPS) is 11.4. The molecule has 3 N–H and O–H groups in total. The summed E-state index contributed by atoms with van der Waals surface area (Å²) in [5, 5.41) is 0. The molecule has 0 bridgehead atoms. The molecule has 1 rings (SSSR count). The van der Waals surface area contributed by atoms with Crippen molar-refractivity contribution >= 4 is 15.9 Å². The van der Waals surface area contributed by atoms with Crippen LogP contribution in [-0.2, 0) is 17.1 Å². The summed E-state index contributed by atoms with van der Waals surface area (Å²) in [6, 6.07) is 1.25. The van der Waals surface area contributed by atoms with Gasteiger partial charge in [-0.2, -0.15) is 0 Å². The van der Waals surface area contributed by atoms with Crippen LogP contribution >= 0.6 is 0 Å². The Morgan fingerprint density at radius 3 is 2.76 bits per heavy atom. The van der Waals surface area contributed by atoms with Crippen LogP contribution in [0.4, 0.5) is 0 Å². The third kappa shape index (κ3) is 3.18. The first-order chi connectivity index (χ1) is 7.88. The maximum atomic E-state index is 11.8. The van der Waals surface area contributed by atoms with E-state index in [2.05, 4.69) is 11.3 Å². The SMILES string of the molecule is C=CCCNS(=O)(=O)c1cc(C(N)=O)n(C)c1. The molecule has 0 aliphatic carbocycles. The predicted molar refractivity (Wildman–Crippen MR) is 63.9 cm³/mol. The van der Waals surface area contributed by atoms with Crippen molar-refractivity contribution in [3.8, 4) is 0 Å². The van der Waals surface area contributed by atoms with Crippen LogP contribution in [0.1, 0.15) is 16.9 Å². The molecule has 7 heteroatoms. The van der Waals surface area contributed by atoms with Crippen LogP contribution in [0, 0.1) is 0 Å². The molecule has 0 spiro atoms. The summed E-state index contributed by atoms with van der Waals surface area (Å²) in [6.07, 6.45) is 3.49. The number of nitrogens with two attached hydrogens (primary N) is 1. The minimum absolute atomic E-state index is 0.0258. The van der Waals surface area contributed by atoms with Gasteiger partial charge < -0.3 is 10.3 Å². The van der Waals surface area contributed by atoms with E-state index in [1.165, 1.54) is 16.8 Å². The summed E-state index contributed by atoms with van der Waals surface area (Å²) in [4.78, 5) is 11.0. The number of aryl methyl sites for hydroxylation is 1. The predicted octanol–water partition coefficient (Wildman–Crippen LogP) is -0.0216. The first-order valence-corrected chi connectivity index (χ1v) is 6.43. The summed E-state index contributed by atoms with van der Waals surface area (Å²) < 4.78 is 27.3. The van der Waals surface area contributed by atoms with Crippen LogP contribution in [0.3, 0.4) is 0 Å². The second kappa shape index (κ2) is 5.15. The monoisotopic (exact) mass is 257 g/mol. The quantitative estimate of drug-likeness (QED) is 0.554. The number of sulfonamides is 1. The number of aromatic nitrogens is 1. The van der Waals surface area contributed by atoms with Crippen LogP contribution in [0.5, 0.6) is 0 Å². The lowest BCUT2D eigenvalue weighted by atomic mass is 10.4. The average Bonchev–Trinajstić information content (AvgIpc) is 2.61. The van der Waals surface area contributed by atoms with Gasteiger partial charge in [0, 0.05) is 19.8 Å². The Hall–Kier alpha value is -1.60. The Balaban J connectivity index is 2.96. The highest BCUT2D eigenvalue weighted by Gasteiger charge is 2.18. The Bertz CT molecular complexity index is 531. The molecule has 1 aromatic heterocycles. The van der Waals surface area contributed by atoms with Crippen LogP contribution in [0.25, 0.3) is 0 Å². The first-order valence-electron chi connectivity index (χ1n) is 4.95. The molecule has 1 amide bonds. The number of primary amides is 1. The van der Waals surface area contributed by atoms with E-state index < -0.39 is 15.9 Å². The van der Waals surface area contributed by atoms with Crippen LogP contribution in [-0.4, -0.2) is 25.4 Å². The summed E-state index contributed by atoms with van der Waals surface area (Å²) >= 11 is 0. The third-order valence-electron chi connectivity index (χ3n) is 2.18. The highest BCUT2D eigenvalue weighted by atomic mass is 32.2. The van der Waals surface area contributed by atoms with Crippen molar-refractivity contribution in [1.29, 1.82) is 0 Å². The Kier molecular flexibility index (Phi) is 4.08. The maximum Gasteiger partial charge on any atom is 0.265 e. The second-order valence-electron chi connectivity index (χ2n) is 3.51. The van der Waals surface area contributed by atoms with Gasteiger partial charge in [0.2, 0.25) is 10.0 Å². The van der Waals surface area contributed by atoms with Crippen molar-refractivity contribution in [1.82, 2.24) is 9.29 Å². The second-order valence-corrected chi connectivity index (χ2v) is 5.28. The molecule has 1 heterocycles. The van der Waals surface area contributed by atoms with Gasteiger partial charge in [-0.05, 0) is 12.5 Å². The fourth-order valence-corrected chi connectivity index (χ4v) is 2.42. The Morgan fingerprint density at radius 1 is 1.65 bits per heavy atom. The largest absolute Gasteiger partial charge is 0.364 e. The molecule has 17 heavy (non-hydrogen) atoms. The van der Waals surface area contributed by atoms with E-state index >= 15 is 0 Å². The lowest BCUT2D eigenvalue weighted by Crippen LogP contribution is -2.24. The van der Waals surface area contributed by atoms with Gasteiger partial charge >= 0.3 is 0 Å². The number of rotatable bonds is 6. The van der Waals surface area contributed by atoms with E-state index in [1.807, 2.05) is 0 Å². The van der Waals surface area contributed by atoms with Gasteiger partial charge in [-0.25, -0.2) is 13.1 Å². The standard InChI is InChI=1S/C10H15N3O3S/c1-3-4-5-12-17(15,16)8-6-9(10(11)14)13(2)7-8/h3,6-7,12H,1,4-5H2,2H3,(H2,11,14). The number of nitrogens with zero attached hydrogens (tertiary/aromatic N) is 1. The number of nitrogens with one attached hydrogen (secondary N) is 1. The third-order valence-corrected chi connectivity index (χ3v) is 3.61. The molecule has 0 radical (unpaired) electrons. The number of hydrogen-bond acceptors (Lipinski definition) is 3. The van der Waals surface area contributed by atoms with Crippen molar-refractivity contribution in [3.63, 3.8) is 0 Å². The fraction of sp³-hybridized carbons (Fsp3) is 0.300. The lowest BCUT2D eigenvalue weighted by molar-refractivity contribution is 0.0992. The van der Waals surface area contributed by atoms with E-state index in [9.17, 15) is 13.2 Å². The number of amides is 1. The molecule has 94 valence electrons. The van der Waals surface area contributed by atoms with E-state index in [-0.39, 0.29) is 17.1 Å². The molecule has 0 atom stereocenters. The number of carbonyl (C=O) groups is 1. The molecule has 0 aliphatic rings. The van der Waals surface area contributed by atoms with Crippen LogP contribution in [0.2, 0.25) is 0 Å². The van der Waals surface area contributed by atoms with Crippen LogP contribution < -0.4 is 10.5 Å². The van der Waals surface area contributed by atoms with Gasteiger partial charge in [0.15, 0.2) is 0 Å². The van der Waals surface area contributed by atoms with Crippen molar-refractivity contribution in [3.05, 3.63) is 30.6 Å². The van der Waals surface area contributed by atoms with Gasteiger partial charge in [-0.1, -0.05) is 6.08 Å². The summed E-state index contributed by atoms with van der Waals surface area (Å²) in [6.45, 7) is 3.76. The molecular formula is C10H15N3O3S. The molecular weight excluding hydrogens is 242 g/mol. The van der Waals surface area contributed by atoms with Gasteiger partial charge in [-0.3, -0.25) is 4.79 Å². The topological polar surface area (TPSA) is 94.2 Å². The van der Waals surface area contributed by atoms with E-state index in [4.69, 9.17) is 5.73 Å². The van der Waals surface area contributed by atoms with Gasteiger partial charge in [0.25, 0.3) is 5.91 Å². The highest BCUT2D eigenvalue weighted by molar-refractivity contribution is 7.89. The van der Waals surface area contributed by atoms with Crippen molar-refractivity contribution in [2.24, 2.45) is 12.8 Å². The fourth-order valence-electron chi connectivity index (χ4n) is 1.30. The zero-order valence-corrected chi connectivity index (χ0v) is 10.3. The van der Waals surface area contributed by atoms with E-state index in [1.54, 1.807) is 13.1 Å². The van der Waals surface area contributed by atoms with Gasteiger partial charge in [0.05, 0.1) is 0 Å². The number of carbonyl (C=O) groups excluding carboxylic acids is 1. The minimum atomic E-state index is -3.59. The molecule has 6 nitrogen and oxygen atoms in total. The molecule has 0 saturated carbocycles. The van der Waals surface area contributed by atoms with Crippen molar-refractivity contribution in [2.45, 2.75) is 11.3 Å². The minimum Gasteiger partial charge on any atom is -0.364 e. The zero-order valence-electron chi connectivity index (χ0n) is 9.51. The number of hydrogen-bond donors (Lipinski definition) is 2. The molecule has 0 unspecified atom stereocenters. The molecule has 1 aromatic rings. The van der Waals surface area contributed by atoms with Gasteiger partial charge in [0.1, 0.15) is 10.6 Å². The Morgan fingerprint density at radius 2 is 2.29 bits per heavy atom. The smallest absolute Gasteiger partial charge is 0.265 e. The molecule has 0 saturated heterocycles. The summed E-state index contributed by atoms with van der Waals surface area (Å²) in [7, 11) is -2.04. The summed E-state index contributed by atoms with van der Waals surface area (Å²) in [5.74, 6) is -0.667. The van der Waals surface area contributed by atoms with Crippen molar-refractivity contribution in [2.75, 3.05) is 6.54 Å². The maximum absolute atomic E-state index is 11.8.